The number of aromatic nitrogens is 2. The molecule has 1 aromatic carbocycles. The molecule has 0 unspecified atom stereocenters. The summed E-state index contributed by atoms with van der Waals surface area (Å²) in [5.74, 6) is 0.406. The molecule has 0 aliphatic carbocycles. The van der Waals surface area contributed by atoms with Crippen LogP contribution in [-0.4, -0.2) is 34.5 Å². The fourth-order valence-electron chi connectivity index (χ4n) is 3.13. The lowest BCUT2D eigenvalue weighted by molar-refractivity contribution is 0.0952. The van der Waals surface area contributed by atoms with Crippen LogP contribution in [0.2, 0.25) is 0 Å². The third-order valence-corrected chi connectivity index (χ3v) is 4.37. The number of benzene rings is 1. The first-order chi connectivity index (χ1) is 13.1. The van der Waals surface area contributed by atoms with Gasteiger partial charge in [-0.25, -0.2) is 4.98 Å². The standard InChI is InChI=1S/C20H24N4O3/c1-3-12-21-19(25)17-16-7-5-6-13-24(16)18(23-17)20(26)22-14-8-10-15(11-9-14)27-4-2/h3,8-11H,1,4-7,12-13H2,2H3,(H,21,25)(H,22,26). The van der Waals surface area contributed by atoms with E-state index in [4.69, 9.17) is 4.74 Å². The van der Waals surface area contributed by atoms with Crippen molar-refractivity contribution in [1.82, 2.24) is 14.9 Å². The Hall–Kier alpha value is -3.09. The number of hydrogen-bond acceptors (Lipinski definition) is 4. The Bertz CT molecular complexity index is 840. The van der Waals surface area contributed by atoms with Crippen LogP contribution in [0.15, 0.2) is 36.9 Å². The smallest absolute Gasteiger partial charge is 0.291 e. The van der Waals surface area contributed by atoms with Gasteiger partial charge in [0.05, 0.1) is 12.3 Å². The fourth-order valence-corrected chi connectivity index (χ4v) is 3.13. The Morgan fingerprint density at radius 2 is 2.04 bits per heavy atom. The molecule has 0 bridgehead atoms. The van der Waals surface area contributed by atoms with Gasteiger partial charge in [-0.1, -0.05) is 6.08 Å². The Morgan fingerprint density at radius 1 is 1.26 bits per heavy atom. The number of carbonyl (C=O) groups excluding carboxylic acids is 2. The van der Waals surface area contributed by atoms with Gasteiger partial charge >= 0.3 is 0 Å². The minimum atomic E-state index is -0.329. The lowest BCUT2D eigenvalue weighted by Crippen LogP contribution is -2.25. The summed E-state index contributed by atoms with van der Waals surface area (Å²) >= 11 is 0. The van der Waals surface area contributed by atoms with Gasteiger partial charge in [0.25, 0.3) is 11.8 Å². The van der Waals surface area contributed by atoms with E-state index in [2.05, 4.69) is 22.2 Å². The highest BCUT2D eigenvalue weighted by Gasteiger charge is 2.27. The van der Waals surface area contributed by atoms with Crippen molar-refractivity contribution in [2.75, 3.05) is 18.5 Å². The van der Waals surface area contributed by atoms with Gasteiger partial charge in [0, 0.05) is 18.8 Å². The van der Waals surface area contributed by atoms with Crippen molar-refractivity contribution in [1.29, 1.82) is 0 Å². The average Bonchev–Trinajstić information content (AvgIpc) is 3.08. The molecule has 0 radical (unpaired) electrons. The molecule has 0 fully saturated rings. The molecule has 2 aromatic rings. The fraction of sp³-hybridized carbons (Fsp3) is 0.350. The summed E-state index contributed by atoms with van der Waals surface area (Å²) in [5.41, 5.74) is 1.79. The first-order valence-electron chi connectivity index (χ1n) is 9.16. The van der Waals surface area contributed by atoms with E-state index in [1.807, 2.05) is 11.5 Å². The number of ether oxygens (including phenoxy) is 1. The highest BCUT2D eigenvalue weighted by atomic mass is 16.5. The molecule has 0 spiro atoms. The van der Waals surface area contributed by atoms with Crippen molar-refractivity contribution in [2.45, 2.75) is 32.7 Å². The van der Waals surface area contributed by atoms with E-state index in [0.29, 0.717) is 31.1 Å². The van der Waals surface area contributed by atoms with Crippen LogP contribution in [0.3, 0.4) is 0 Å². The minimum Gasteiger partial charge on any atom is -0.494 e. The van der Waals surface area contributed by atoms with Crippen molar-refractivity contribution in [3.8, 4) is 5.75 Å². The van der Waals surface area contributed by atoms with Gasteiger partial charge in [-0.15, -0.1) is 6.58 Å². The SMILES string of the molecule is C=CCNC(=O)c1nc(C(=O)Nc2ccc(OCC)cc2)n2c1CCCC2. The van der Waals surface area contributed by atoms with Crippen molar-refractivity contribution in [2.24, 2.45) is 0 Å². The maximum Gasteiger partial charge on any atom is 0.291 e. The molecule has 7 nitrogen and oxygen atoms in total. The largest absolute Gasteiger partial charge is 0.494 e. The zero-order valence-electron chi connectivity index (χ0n) is 15.5. The summed E-state index contributed by atoms with van der Waals surface area (Å²) in [4.78, 5) is 29.5. The summed E-state index contributed by atoms with van der Waals surface area (Å²) in [6.45, 7) is 7.14. The summed E-state index contributed by atoms with van der Waals surface area (Å²) in [6, 6.07) is 7.16. The van der Waals surface area contributed by atoms with Crippen LogP contribution >= 0.6 is 0 Å². The summed E-state index contributed by atoms with van der Waals surface area (Å²) in [5, 5.41) is 5.59. The van der Waals surface area contributed by atoms with Gasteiger partial charge in [0.15, 0.2) is 5.82 Å². The molecule has 2 amide bonds. The van der Waals surface area contributed by atoms with Gasteiger partial charge < -0.3 is 19.9 Å². The third kappa shape index (κ3) is 4.19. The van der Waals surface area contributed by atoms with E-state index in [-0.39, 0.29) is 17.6 Å². The Labute approximate surface area is 158 Å². The molecule has 7 heteroatoms. The van der Waals surface area contributed by atoms with Gasteiger partial charge in [-0.05, 0) is 50.5 Å². The van der Waals surface area contributed by atoms with Crippen LogP contribution in [0.1, 0.15) is 46.6 Å². The van der Waals surface area contributed by atoms with Crippen LogP contribution in [0.4, 0.5) is 5.69 Å². The number of nitrogens with one attached hydrogen (secondary N) is 2. The Morgan fingerprint density at radius 3 is 2.74 bits per heavy atom. The highest BCUT2D eigenvalue weighted by molar-refractivity contribution is 6.03. The molecular weight excluding hydrogens is 344 g/mol. The summed E-state index contributed by atoms with van der Waals surface area (Å²) in [7, 11) is 0. The van der Waals surface area contributed by atoms with Crippen molar-refractivity contribution in [3.63, 3.8) is 0 Å². The minimum absolute atomic E-state index is 0.266. The molecule has 1 aliphatic rings. The van der Waals surface area contributed by atoms with Gasteiger partial charge in [0.1, 0.15) is 11.4 Å². The van der Waals surface area contributed by atoms with E-state index < -0.39 is 0 Å². The Balaban J connectivity index is 1.82. The van der Waals surface area contributed by atoms with Crippen molar-refractivity contribution < 1.29 is 14.3 Å². The van der Waals surface area contributed by atoms with E-state index >= 15 is 0 Å². The van der Waals surface area contributed by atoms with Crippen LogP contribution in [-0.2, 0) is 13.0 Å². The van der Waals surface area contributed by atoms with Crippen molar-refractivity contribution in [3.05, 3.63) is 54.1 Å². The molecule has 0 saturated carbocycles. The van der Waals surface area contributed by atoms with Gasteiger partial charge in [-0.3, -0.25) is 9.59 Å². The normalized spacial score (nSPS) is 12.8. The predicted octanol–water partition coefficient (Wildman–Crippen LogP) is 2.79. The quantitative estimate of drug-likeness (QED) is 0.736. The molecule has 2 N–H and O–H groups in total. The van der Waals surface area contributed by atoms with Crippen LogP contribution in [0.25, 0.3) is 0 Å². The van der Waals surface area contributed by atoms with Crippen LogP contribution in [0, 0.1) is 0 Å². The van der Waals surface area contributed by atoms with Crippen molar-refractivity contribution >= 4 is 17.5 Å². The zero-order valence-corrected chi connectivity index (χ0v) is 15.5. The van der Waals surface area contributed by atoms with E-state index in [0.717, 1.165) is 30.7 Å². The summed E-state index contributed by atoms with van der Waals surface area (Å²) in [6.07, 6.45) is 4.29. The number of hydrogen-bond donors (Lipinski definition) is 2. The van der Waals surface area contributed by atoms with E-state index in [1.54, 1.807) is 30.3 Å². The number of fused-ring (bicyclic) bond motifs is 1. The van der Waals surface area contributed by atoms with Gasteiger partial charge in [-0.2, -0.15) is 0 Å². The summed E-state index contributed by atoms with van der Waals surface area (Å²) < 4.78 is 7.26. The van der Waals surface area contributed by atoms with Crippen LogP contribution in [0.5, 0.6) is 5.75 Å². The maximum atomic E-state index is 12.8. The number of anilines is 1. The topological polar surface area (TPSA) is 85.2 Å². The maximum absolute atomic E-state index is 12.8. The number of carbonyl (C=O) groups is 2. The number of rotatable bonds is 7. The molecular formula is C20H24N4O3. The first kappa shape index (κ1) is 18.7. The lowest BCUT2D eigenvalue weighted by atomic mass is 10.1. The molecule has 2 heterocycles. The molecule has 1 aliphatic heterocycles. The molecule has 27 heavy (non-hydrogen) atoms. The predicted molar refractivity (Wildman–Crippen MR) is 103 cm³/mol. The van der Waals surface area contributed by atoms with Crippen LogP contribution < -0.4 is 15.4 Å². The number of amides is 2. The molecule has 0 atom stereocenters. The average molecular weight is 368 g/mol. The first-order valence-corrected chi connectivity index (χ1v) is 9.16. The van der Waals surface area contributed by atoms with E-state index in [9.17, 15) is 9.59 Å². The zero-order chi connectivity index (χ0) is 19.2. The Kier molecular flexibility index (Phi) is 5.90. The molecule has 142 valence electrons. The number of nitrogens with zero attached hydrogens (tertiary/aromatic N) is 2. The lowest BCUT2D eigenvalue weighted by Gasteiger charge is -2.17. The monoisotopic (exact) mass is 368 g/mol. The van der Waals surface area contributed by atoms with E-state index in [1.165, 1.54) is 0 Å². The molecule has 1 aromatic heterocycles. The molecule has 3 rings (SSSR count). The van der Waals surface area contributed by atoms with Gasteiger partial charge in [0.2, 0.25) is 0 Å². The number of imidazole rings is 1. The molecule has 0 saturated heterocycles. The second kappa shape index (κ2) is 8.53. The second-order valence-electron chi connectivity index (χ2n) is 6.25. The third-order valence-electron chi connectivity index (χ3n) is 4.37. The highest BCUT2D eigenvalue weighted by Crippen LogP contribution is 2.22. The second-order valence-corrected chi connectivity index (χ2v) is 6.25.